The molecular weight excluding hydrogens is 441 g/mol. The summed E-state index contributed by atoms with van der Waals surface area (Å²) in [5, 5.41) is 4.69. The third kappa shape index (κ3) is 5.48. The monoisotopic (exact) mass is 466 g/mol. The van der Waals surface area contributed by atoms with Gasteiger partial charge in [0, 0.05) is 22.9 Å². The summed E-state index contributed by atoms with van der Waals surface area (Å²) in [7, 11) is 0. The summed E-state index contributed by atoms with van der Waals surface area (Å²) in [6.07, 6.45) is 3.73. The lowest BCUT2D eigenvalue weighted by Crippen LogP contribution is -2.23. The van der Waals surface area contributed by atoms with Crippen LogP contribution >= 0.6 is 11.3 Å². The van der Waals surface area contributed by atoms with Crippen LogP contribution in [0.25, 0.3) is 0 Å². The Kier molecular flexibility index (Phi) is 6.92. The Morgan fingerprint density at radius 1 is 1.12 bits per heavy atom. The number of hydrogen-bond donors (Lipinski definition) is 2. The zero-order valence-corrected chi connectivity index (χ0v) is 19.1. The highest BCUT2D eigenvalue weighted by molar-refractivity contribution is 7.15. The van der Waals surface area contributed by atoms with E-state index in [1.54, 1.807) is 6.20 Å². The molecule has 2 amide bonds. The number of halogens is 3. The maximum Gasteiger partial charge on any atom is 0.325 e. The van der Waals surface area contributed by atoms with Crippen LogP contribution in [0.1, 0.15) is 57.1 Å². The third-order valence-corrected chi connectivity index (χ3v) is 5.62. The number of urea groups is 1. The van der Waals surface area contributed by atoms with E-state index in [4.69, 9.17) is 4.42 Å². The van der Waals surface area contributed by atoms with Crippen molar-refractivity contribution in [3.63, 3.8) is 0 Å². The van der Waals surface area contributed by atoms with E-state index in [0.717, 1.165) is 23.5 Å². The highest BCUT2D eigenvalue weighted by atomic mass is 32.1. The number of carbonyl (C=O) groups is 1. The first-order valence-corrected chi connectivity index (χ1v) is 11.0. The van der Waals surface area contributed by atoms with Crippen molar-refractivity contribution in [2.75, 3.05) is 10.6 Å². The Labute approximate surface area is 188 Å². The molecule has 2 N–H and O–H groups in total. The van der Waals surface area contributed by atoms with Crippen LogP contribution in [0.4, 0.5) is 28.8 Å². The number of alkyl halides is 1. The van der Waals surface area contributed by atoms with Crippen LogP contribution in [0, 0.1) is 11.6 Å². The fraction of sp³-hybridized carbons (Fsp3) is 0.409. The minimum absolute atomic E-state index is 0.0138. The molecule has 1 unspecified atom stereocenters. The summed E-state index contributed by atoms with van der Waals surface area (Å²) in [6, 6.07) is 2.39. The van der Waals surface area contributed by atoms with E-state index in [-0.39, 0.29) is 29.3 Å². The number of anilines is 2. The fourth-order valence-electron chi connectivity index (χ4n) is 3.08. The lowest BCUT2D eigenvalue weighted by atomic mass is 9.94. The van der Waals surface area contributed by atoms with Crippen molar-refractivity contribution < 1.29 is 22.4 Å². The molecule has 10 heteroatoms. The number of nitrogens with one attached hydrogen (secondary N) is 2. The molecule has 0 spiro atoms. The zero-order valence-electron chi connectivity index (χ0n) is 18.3. The van der Waals surface area contributed by atoms with Gasteiger partial charge in [-0.2, -0.15) is 0 Å². The average Bonchev–Trinajstić information content (AvgIpc) is 3.35. The van der Waals surface area contributed by atoms with Crippen LogP contribution in [-0.4, -0.2) is 16.0 Å². The molecule has 0 aliphatic carbocycles. The summed E-state index contributed by atoms with van der Waals surface area (Å²) in [5.41, 5.74) is -2.70. The van der Waals surface area contributed by atoms with E-state index < -0.39 is 29.0 Å². The van der Waals surface area contributed by atoms with E-state index in [1.165, 1.54) is 12.3 Å². The Morgan fingerprint density at radius 2 is 1.81 bits per heavy atom. The van der Waals surface area contributed by atoms with E-state index in [1.807, 2.05) is 27.7 Å². The first-order chi connectivity index (χ1) is 15.0. The second-order valence-electron chi connectivity index (χ2n) is 8.48. The number of para-hydroxylation sites is 1. The van der Waals surface area contributed by atoms with Crippen molar-refractivity contribution >= 4 is 28.2 Å². The fourth-order valence-corrected chi connectivity index (χ4v) is 3.98. The van der Waals surface area contributed by atoms with Crippen molar-refractivity contribution in [1.82, 2.24) is 9.97 Å². The molecule has 0 bridgehead atoms. The first kappa shape index (κ1) is 23.8. The Bertz CT molecular complexity index is 1070. The molecule has 0 saturated carbocycles. The maximum atomic E-state index is 15.9. The number of carbonyl (C=O) groups excluding carboxylic acids is 1. The van der Waals surface area contributed by atoms with Crippen LogP contribution in [0.3, 0.4) is 0 Å². The summed E-state index contributed by atoms with van der Waals surface area (Å²) in [4.78, 5) is 20.9. The highest BCUT2D eigenvalue weighted by Crippen LogP contribution is 2.38. The summed E-state index contributed by atoms with van der Waals surface area (Å²) < 4.78 is 49.0. The van der Waals surface area contributed by atoms with Gasteiger partial charge in [-0.1, -0.05) is 40.2 Å². The SMILES string of the molecule is CCCC(F)(Cc1cnc(NC(=O)Nc2c(F)cccc2F)s1)c1ncc(C(C)(C)C)o1. The van der Waals surface area contributed by atoms with Gasteiger partial charge < -0.3 is 9.73 Å². The lowest BCUT2D eigenvalue weighted by Gasteiger charge is -2.21. The minimum Gasteiger partial charge on any atom is -0.442 e. The number of aromatic nitrogens is 2. The molecule has 6 nitrogen and oxygen atoms in total. The van der Waals surface area contributed by atoms with Crippen LogP contribution < -0.4 is 10.6 Å². The molecule has 3 rings (SSSR count). The normalized spacial score (nSPS) is 13.6. The molecule has 1 aromatic carbocycles. The molecule has 2 aromatic heterocycles. The second-order valence-corrected chi connectivity index (χ2v) is 9.59. The third-order valence-electron chi connectivity index (χ3n) is 4.70. The Morgan fingerprint density at radius 3 is 2.41 bits per heavy atom. The standard InChI is InChI=1S/C22H25F3N4O2S/c1-5-9-22(25,18-26-12-16(31-18)21(2,3)4)10-13-11-27-20(32-13)29-19(30)28-17-14(23)7-6-8-15(17)24/h6-8,11-12H,5,9-10H2,1-4H3,(H2,27,28,29,30). The van der Waals surface area contributed by atoms with Crippen LogP contribution in [0.15, 0.2) is 35.0 Å². The van der Waals surface area contributed by atoms with Gasteiger partial charge in [-0.3, -0.25) is 5.32 Å². The molecule has 32 heavy (non-hydrogen) atoms. The number of hydrogen-bond acceptors (Lipinski definition) is 5. The van der Waals surface area contributed by atoms with E-state index in [0.29, 0.717) is 17.1 Å². The van der Waals surface area contributed by atoms with Crippen LogP contribution in [-0.2, 0) is 17.5 Å². The smallest absolute Gasteiger partial charge is 0.325 e. The topological polar surface area (TPSA) is 80.0 Å². The number of benzene rings is 1. The van der Waals surface area contributed by atoms with Gasteiger partial charge in [0.15, 0.2) is 10.8 Å². The molecule has 0 radical (unpaired) electrons. The molecule has 172 valence electrons. The molecule has 1 atom stereocenters. The number of amides is 2. The zero-order chi connectivity index (χ0) is 23.5. The van der Waals surface area contributed by atoms with Gasteiger partial charge in [0.1, 0.15) is 23.1 Å². The van der Waals surface area contributed by atoms with Gasteiger partial charge in [0.05, 0.1) is 6.20 Å². The predicted octanol–water partition coefficient (Wildman–Crippen LogP) is 6.56. The van der Waals surface area contributed by atoms with Gasteiger partial charge in [-0.15, -0.1) is 11.3 Å². The minimum atomic E-state index is -1.83. The molecular formula is C22H25F3N4O2S. The Hall–Kier alpha value is -2.88. The number of rotatable bonds is 7. The summed E-state index contributed by atoms with van der Waals surface area (Å²) in [6.45, 7) is 7.73. The second kappa shape index (κ2) is 9.32. The van der Waals surface area contributed by atoms with Crippen molar-refractivity contribution in [3.8, 4) is 0 Å². The van der Waals surface area contributed by atoms with Gasteiger partial charge in [-0.05, 0) is 18.6 Å². The predicted molar refractivity (Wildman–Crippen MR) is 118 cm³/mol. The Balaban J connectivity index is 1.72. The molecule has 0 aliphatic heterocycles. The first-order valence-electron chi connectivity index (χ1n) is 10.1. The van der Waals surface area contributed by atoms with Crippen LogP contribution in [0.2, 0.25) is 0 Å². The van der Waals surface area contributed by atoms with Crippen molar-refractivity contribution in [3.05, 3.63) is 58.8 Å². The van der Waals surface area contributed by atoms with Crippen LogP contribution in [0.5, 0.6) is 0 Å². The van der Waals surface area contributed by atoms with Gasteiger partial charge in [0.2, 0.25) is 5.89 Å². The van der Waals surface area contributed by atoms with Gasteiger partial charge in [0.25, 0.3) is 0 Å². The number of nitrogens with zero attached hydrogens (tertiary/aromatic N) is 2. The van der Waals surface area contributed by atoms with Gasteiger partial charge in [-0.25, -0.2) is 27.9 Å². The molecule has 0 saturated heterocycles. The maximum absolute atomic E-state index is 15.9. The average molecular weight is 467 g/mol. The van der Waals surface area contributed by atoms with E-state index in [2.05, 4.69) is 20.6 Å². The van der Waals surface area contributed by atoms with Crippen molar-refractivity contribution in [1.29, 1.82) is 0 Å². The molecule has 2 heterocycles. The summed E-state index contributed by atoms with van der Waals surface area (Å²) in [5.74, 6) is -1.20. The van der Waals surface area contributed by atoms with Crippen molar-refractivity contribution in [2.24, 2.45) is 0 Å². The van der Waals surface area contributed by atoms with Gasteiger partial charge >= 0.3 is 6.03 Å². The quantitative estimate of drug-likeness (QED) is 0.413. The number of thiazole rings is 1. The molecule has 0 fully saturated rings. The summed E-state index contributed by atoms with van der Waals surface area (Å²) >= 11 is 1.06. The molecule has 3 aromatic rings. The molecule has 0 aliphatic rings. The highest BCUT2D eigenvalue weighted by Gasteiger charge is 2.38. The van der Waals surface area contributed by atoms with Crippen molar-refractivity contribution in [2.45, 2.75) is 58.0 Å². The lowest BCUT2D eigenvalue weighted by molar-refractivity contribution is 0.105. The van der Waals surface area contributed by atoms with E-state index >= 15 is 4.39 Å². The largest absolute Gasteiger partial charge is 0.442 e. The van der Waals surface area contributed by atoms with E-state index in [9.17, 15) is 13.6 Å². The number of oxazole rings is 1.